The van der Waals surface area contributed by atoms with Crippen LogP contribution in [0.2, 0.25) is 0 Å². The topological polar surface area (TPSA) is 41.1 Å². The highest BCUT2D eigenvalue weighted by atomic mass is 16.2. The lowest BCUT2D eigenvalue weighted by atomic mass is 9.73. The molecule has 1 saturated carbocycles. The van der Waals surface area contributed by atoms with Gasteiger partial charge in [-0.05, 0) is 30.7 Å². The molecule has 1 heterocycles. The maximum absolute atomic E-state index is 12.3. The molecule has 0 aromatic heterocycles. The van der Waals surface area contributed by atoms with E-state index in [1.807, 2.05) is 0 Å². The van der Waals surface area contributed by atoms with Crippen LogP contribution in [0.1, 0.15) is 46.5 Å². The molecule has 1 saturated heterocycles. The summed E-state index contributed by atoms with van der Waals surface area (Å²) in [4.78, 5) is 12.3. The Morgan fingerprint density at radius 3 is 2.65 bits per heavy atom. The zero-order chi connectivity index (χ0) is 12.5. The normalized spacial score (nSPS) is 36.8. The molecule has 0 aromatic rings. The van der Waals surface area contributed by atoms with Gasteiger partial charge in [0.15, 0.2) is 0 Å². The lowest BCUT2D eigenvalue weighted by Gasteiger charge is -2.39. The molecular formula is C14H26N2O. The smallest absolute Gasteiger partial charge is 0.224 e. The molecule has 0 spiro atoms. The third kappa shape index (κ3) is 2.82. The standard InChI is InChI=1S/C14H26N2O/c1-10-8-15-9-11(10)13(17)16-12-6-4-5-7-14(12,2)3/h10-12,15H,4-9H2,1-3H3,(H,16,17). The first-order valence-corrected chi connectivity index (χ1v) is 7.02. The fraction of sp³-hybridized carbons (Fsp3) is 0.929. The summed E-state index contributed by atoms with van der Waals surface area (Å²) >= 11 is 0. The summed E-state index contributed by atoms with van der Waals surface area (Å²) in [5, 5.41) is 6.60. The van der Waals surface area contributed by atoms with Gasteiger partial charge < -0.3 is 10.6 Å². The van der Waals surface area contributed by atoms with Gasteiger partial charge >= 0.3 is 0 Å². The Bertz CT molecular complexity index is 288. The minimum atomic E-state index is 0.174. The predicted molar refractivity (Wildman–Crippen MR) is 69.7 cm³/mol. The van der Waals surface area contributed by atoms with Crippen LogP contribution in [0.25, 0.3) is 0 Å². The Morgan fingerprint density at radius 2 is 2.06 bits per heavy atom. The first kappa shape index (κ1) is 12.9. The monoisotopic (exact) mass is 238 g/mol. The fourth-order valence-corrected chi connectivity index (χ4v) is 3.20. The van der Waals surface area contributed by atoms with E-state index in [9.17, 15) is 4.79 Å². The van der Waals surface area contributed by atoms with Crippen LogP contribution in [0.3, 0.4) is 0 Å². The number of rotatable bonds is 2. The van der Waals surface area contributed by atoms with Crippen LogP contribution in [0.4, 0.5) is 0 Å². The van der Waals surface area contributed by atoms with Crippen LogP contribution in [0.5, 0.6) is 0 Å². The van der Waals surface area contributed by atoms with Gasteiger partial charge in [-0.2, -0.15) is 0 Å². The minimum absolute atomic E-state index is 0.174. The van der Waals surface area contributed by atoms with Crippen molar-refractivity contribution in [3.05, 3.63) is 0 Å². The molecule has 1 amide bonds. The summed E-state index contributed by atoms with van der Waals surface area (Å²) in [6.07, 6.45) is 4.94. The van der Waals surface area contributed by atoms with Crippen molar-refractivity contribution in [2.24, 2.45) is 17.3 Å². The molecule has 3 atom stereocenters. The zero-order valence-corrected chi connectivity index (χ0v) is 11.4. The van der Waals surface area contributed by atoms with Crippen molar-refractivity contribution in [1.82, 2.24) is 10.6 Å². The van der Waals surface area contributed by atoms with Crippen molar-refractivity contribution in [1.29, 1.82) is 0 Å². The van der Waals surface area contributed by atoms with E-state index in [0.717, 1.165) is 19.5 Å². The average molecular weight is 238 g/mol. The Balaban J connectivity index is 1.93. The molecule has 0 bridgehead atoms. The maximum Gasteiger partial charge on any atom is 0.224 e. The number of amides is 1. The van der Waals surface area contributed by atoms with E-state index in [2.05, 4.69) is 31.4 Å². The molecular weight excluding hydrogens is 212 g/mol. The molecule has 0 aromatic carbocycles. The van der Waals surface area contributed by atoms with Gasteiger partial charge in [0.2, 0.25) is 5.91 Å². The van der Waals surface area contributed by atoms with E-state index in [0.29, 0.717) is 12.0 Å². The Labute approximate surface area is 105 Å². The quantitative estimate of drug-likeness (QED) is 0.772. The van der Waals surface area contributed by atoms with Crippen LogP contribution in [0, 0.1) is 17.3 Å². The second kappa shape index (κ2) is 4.97. The highest BCUT2D eigenvalue weighted by Crippen LogP contribution is 2.35. The molecule has 2 fully saturated rings. The van der Waals surface area contributed by atoms with Crippen molar-refractivity contribution in [2.75, 3.05) is 13.1 Å². The van der Waals surface area contributed by atoms with Gasteiger partial charge in [-0.1, -0.05) is 33.6 Å². The minimum Gasteiger partial charge on any atom is -0.353 e. The molecule has 2 N–H and O–H groups in total. The van der Waals surface area contributed by atoms with E-state index < -0.39 is 0 Å². The summed E-state index contributed by atoms with van der Waals surface area (Å²) < 4.78 is 0. The second-order valence-electron chi connectivity index (χ2n) is 6.54. The lowest BCUT2D eigenvalue weighted by Crippen LogP contribution is -2.49. The molecule has 3 nitrogen and oxygen atoms in total. The number of carbonyl (C=O) groups is 1. The van der Waals surface area contributed by atoms with Gasteiger partial charge in [0.05, 0.1) is 5.92 Å². The van der Waals surface area contributed by atoms with Crippen molar-refractivity contribution < 1.29 is 4.79 Å². The van der Waals surface area contributed by atoms with Crippen LogP contribution < -0.4 is 10.6 Å². The third-order valence-electron chi connectivity index (χ3n) is 4.68. The van der Waals surface area contributed by atoms with E-state index in [4.69, 9.17) is 0 Å². The largest absolute Gasteiger partial charge is 0.353 e. The first-order chi connectivity index (χ1) is 8.00. The van der Waals surface area contributed by atoms with Crippen LogP contribution in [-0.2, 0) is 4.79 Å². The third-order valence-corrected chi connectivity index (χ3v) is 4.68. The van der Waals surface area contributed by atoms with Gasteiger partial charge in [-0.15, -0.1) is 0 Å². The second-order valence-corrected chi connectivity index (χ2v) is 6.54. The van der Waals surface area contributed by atoms with Crippen LogP contribution in [-0.4, -0.2) is 25.0 Å². The molecule has 2 rings (SSSR count). The number of nitrogens with one attached hydrogen (secondary N) is 2. The van der Waals surface area contributed by atoms with E-state index in [1.54, 1.807) is 0 Å². The number of hydrogen-bond donors (Lipinski definition) is 2. The molecule has 98 valence electrons. The van der Waals surface area contributed by atoms with E-state index in [1.165, 1.54) is 19.3 Å². The van der Waals surface area contributed by atoms with E-state index in [-0.39, 0.29) is 17.2 Å². The van der Waals surface area contributed by atoms with Gasteiger partial charge in [0.25, 0.3) is 0 Å². The van der Waals surface area contributed by atoms with E-state index >= 15 is 0 Å². The van der Waals surface area contributed by atoms with Gasteiger partial charge in [-0.3, -0.25) is 4.79 Å². The van der Waals surface area contributed by atoms with Gasteiger partial charge in [0.1, 0.15) is 0 Å². The number of carbonyl (C=O) groups excluding carboxylic acids is 1. The SMILES string of the molecule is CC1CNCC1C(=O)NC1CCCCC1(C)C. The summed E-state index contributed by atoms with van der Waals surface area (Å²) in [6.45, 7) is 8.56. The van der Waals surface area contributed by atoms with Crippen molar-refractivity contribution >= 4 is 5.91 Å². The summed E-state index contributed by atoms with van der Waals surface area (Å²) in [6, 6.07) is 0.372. The zero-order valence-electron chi connectivity index (χ0n) is 11.4. The highest BCUT2D eigenvalue weighted by molar-refractivity contribution is 5.80. The Morgan fingerprint density at radius 1 is 1.29 bits per heavy atom. The molecule has 0 radical (unpaired) electrons. The molecule has 1 aliphatic heterocycles. The molecule has 2 aliphatic rings. The van der Waals surface area contributed by atoms with Gasteiger partial charge in [0, 0.05) is 12.6 Å². The average Bonchev–Trinajstić information content (AvgIpc) is 2.67. The fourth-order valence-electron chi connectivity index (χ4n) is 3.20. The maximum atomic E-state index is 12.3. The lowest BCUT2D eigenvalue weighted by molar-refractivity contribution is -0.127. The molecule has 17 heavy (non-hydrogen) atoms. The number of hydrogen-bond acceptors (Lipinski definition) is 2. The van der Waals surface area contributed by atoms with Gasteiger partial charge in [-0.25, -0.2) is 0 Å². The molecule has 3 unspecified atom stereocenters. The Kier molecular flexibility index (Phi) is 3.76. The van der Waals surface area contributed by atoms with Crippen molar-refractivity contribution in [2.45, 2.75) is 52.5 Å². The van der Waals surface area contributed by atoms with Crippen molar-refractivity contribution in [3.8, 4) is 0 Å². The molecule has 1 aliphatic carbocycles. The first-order valence-electron chi connectivity index (χ1n) is 7.02. The summed E-state index contributed by atoms with van der Waals surface area (Å²) in [5.74, 6) is 0.914. The van der Waals surface area contributed by atoms with Crippen LogP contribution in [0.15, 0.2) is 0 Å². The Hall–Kier alpha value is -0.570. The summed E-state index contributed by atoms with van der Waals surface area (Å²) in [5.41, 5.74) is 0.267. The predicted octanol–water partition coefficient (Wildman–Crippen LogP) is 1.93. The summed E-state index contributed by atoms with van der Waals surface area (Å²) in [7, 11) is 0. The van der Waals surface area contributed by atoms with Crippen LogP contribution >= 0.6 is 0 Å². The van der Waals surface area contributed by atoms with Crippen molar-refractivity contribution in [3.63, 3.8) is 0 Å². The molecule has 3 heteroatoms. The highest BCUT2D eigenvalue weighted by Gasteiger charge is 2.36.